The molecule has 0 radical (unpaired) electrons. The van der Waals surface area contributed by atoms with Gasteiger partial charge in [-0.3, -0.25) is 0 Å². The molecule has 0 aromatic heterocycles. The number of hydrogen-bond donors (Lipinski definition) is 0. The van der Waals surface area contributed by atoms with E-state index >= 15 is 0 Å². The third-order valence-corrected chi connectivity index (χ3v) is 4.92. The van der Waals surface area contributed by atoms with Crippen LogP contribution in [0.25, 0.3) is 0 Å². The van der Waals surface area contributed by atoms with Crippen LogP contribution in [0, 0.1) is 13.8 Å². The van der Waals surface area contributed by atoms with Gasteiger partial charge in [-0.25, -0.2) is 13.2 Å². The molecule has 7 heteroatoms. The quantitative estimate of drug-likeness (QED) is 0.628. The largest absolute Gasteiger partial charge is 0.459 e. The number of hydrogen-bond acceptors (Lipinski definition) is 5. The van der Waals surface area contributed by atoms with Crippen LogP contribution in [0.4, 0.5) is 0 Å². The fourth-order valence-electron chi connectivity index (χ4n) is 2.19. The number of ether oxygens (including phenoxy) is 2. The highest BCUT2D eigenvalue weighted by atomic mass is 35.7. The van der Waals surface area contributed by atoms with Crippen LogP contribution in [-0.4, -0.2) is 33.7 Å². The molecular weight excluding hydrogens is 316 g/mol. The fourth-order valence-corrected chi connectivity index (χ4v) is 3.03. The summed E-state index contributed by atoms with van der Waals surface area (Å²) in [4.78, 5) is 12.2. The Morgan fingerprint density at radius 1 is 1.29 bits per heavy atom. The van der Waals surface area contributed by atoms with E-state index in [1.807, 2.05) is 0 Å². The molecule has 116 valence electrons. The molecule has 0 atom stereocenters. The van der Waals surface area contributed by atoms with E-state index in [4.69, 9.17) is 20.2 Å². The molecule has 0 bridgehead atoms. The molecule has 5 nitrogen and oxygen atoms in total. The highest BCUT2D eigenvalue weighted by Gasteiger charge is 2.23. The van der Waals surface area contributed by atoms with Crippen LogP contribution in [0.1, 0.15) is 34.3 Å². The first-order valence-electron chi connectivity index (χ1n) is 6.63. The van der Waals surface area contributed by atoms with Gasteiger partial charge in [0.25, 0.3) is 9.05 Å². The van der Waals surface area contributed by atoms with Crippen molar-refractivity contribution in [3.63, 3.8) is 0 Å². The molecule has 0 amide bonds. The van der Waals surface area contributed by atoms with Gasteiger partial charge in [-0.05, 0) is 37.1 Å². The van der Waals surface area contributed by atoms with Crippen molar-refractivity contribution < 1.29 is 22.7 Å². The molecule has 1 fully saturated rings. The summed E-state index contributed by atoms with van der Waals surface area (Å²) in [5.41, 5.74) is 1.60. The van der Waals surface area contributed by atoms with Crippen LogP contribution in [0.3, 0.4) is 0 Å². The molecule has 1 aromatic carbocycles. The van der Waals surface area contributed by atoms with E-state index in [1.165, 1.54) is 12.1 Å². The van der Waals surface area contributed by atoms with Crippen LogP contribution in [0.15, 0.2) is 17.0 Å². The maximum absolute atomic E-state index is 12.3. The molecule has 2 rings (SSSR count). The molecule has 0 saturated carbocycles. The zero-order chi connectivity index (χ0) is 15.6. The van der Waals surface area contributed by atoms with E-state index in [2.05, 4.69) is 0 Å². The second-order valence-electron chi connectivity index (χ2n) is 5.07. The summed E-state index contributed by atoms with van der Waals surface area (Å²) in [6.07, 6.45) is 1.11. The second-order valence-corrected chi connectivity index (χ2v) is 7.63. The van der Waals surface area contributed by atoms with E-state index < -0.39 is 15.0 Å². The van der Waals surface area contributed by atoms with Crippen molar-refractivity contribution in [2.24, 2.45) is 0 Å². The molecular formula is C14H17ClO5S. The predicted octanol–water partition coefficient (Wildman–Crippen LogP) is 2.57. The van der Waals surface area contributed by atoms with Gasteiger partial charge >= 0.3 is 5.97 Å². The Bertz CT molecular complexity index is 648. The normalized spacial score (nSPS) is 16.7. The van der Waals surface area contributed by atoms with E-state index in [-0.39, 0.29) is 16.6 Å². The Labute approximate surface area is 128 Å². The Kier molecular flexibility index (Phi) is 4.91. The zero-order valence-electron chi connectivity index (χ0n) is 11.9. The summed E-state index contributed by atoms with van der Waals surface area (Å²) in [7, 11) is 1.47. The average molecular weight is 333 g/mol. The van der Waals surface area contributed by atoms with E-state index in [0.29, 0.717) is 37.2 Å². The van der Waals surface area contributed by atoms with Crippen molar-refractivity contribution in [1.82, 2.24) is 0 Å². The lowest BCUT2D eigenvalue weighted by atomic mass is 10.0. The van der Waals surface area contributed by atoms with Gasteiger partial charge in [0, 0.05) is 23.5 Å². The number of esters is 1. The van der Waals surface area contributed by atoms with Crippen molar-refractivity contribution in [2.45, 2.75) is 37.7 Å². The van der Waals surface area contributed by atoms with Gasteiger partial charge in [-0.2, -0.15) is 0 Å². The summed E-state index contributed by atoms with van der Waals surface area (Å²) in [6, 6.07) is 2.72. The molecule has 1 aliphatic rings. The van der Waals surface area contributed by atoms with Gasteiger partial charge < -0.3 is 9.47 Å². The molecule has 21 heavy (non-hydrogen) atoms. The first-order chi connectivity index (χ1) is 9.79. The number of carbonyl (C=O) groups is 1. The minimum absolute atomic E-state index is 0.0915. The van der Waals surface area contributed by atoms with E-state index in [0.717, 1.165) is 0 Å². The lowest BCUT2D eigenvalue weighted by molar-refractivity contribution is -0.0159. The Hall–Kier alpha value is -1.11. The summed E-state index contributed by atoms with van der Waals surface area (Å²) in [5.74, 6) is -0.523. The van der Waals surface area contributed by atoms with Crippen LogP contribution in [0.2, 0.25) is 0 Å². The number of benzene rings is 1. The van der Waals surface area contributed by atoms with Crippen LogP contribution >= 0.6 is 10.7 Å². The van der Waals surface area contributed by atoms with Crippen molar-refractivity contribution in [3.05, 3.63) is 28.8 Å². The minimum Gasteiger partial charge on any atom is -0.459 e. The van der Waals surface area contributed by atoms with Crippen molar-refractivity contribution in [3.8, 4) is 0 Å². The highest BCUT2D eigenvalue weighted by Crippen LogP contribution is 2.24. The molecule has 0 spiro atoms. The predicted molar refractivity (Wildman–Crippen MR) is 78.2 cm³/mol. The minimum atomic E-state index is -3.89. The Morgan fingerprint density at radius 2 is 1.90 bits per heavy atom. The number of rotatable bonds is 3. The van der Waals surface area contributed by atoms with Gasteiger partial charge in [0.05, 0.1) is 23.7 Å². The van der Waals surface area contributed by atoms with Crippen LogP contribution in [0.5, 0.6) is 0 Å². The third-order valence-electron chi connectivity index (χ3n) is 3.58. The van der Waals surface area contributed by atoms with Crippen molar-refractivity contribution in [2.75, 3.05) is 13.2 Å². The van der Waals surface area contributed by atoms with Gasteiger partial charge in [0.1, 0.15) is 6.10 Å². The molecule has 1 saturated heterocycles. The van der Waals surface area contributed by atoms with Gasteiger partial charge in [-0.1, -0.05) is 0 Å². The van der Waals surface area contributed by atoms with E-state index in [9.17, 15) is 13.2 Å². The SMILES string of the molecule is Cc1cc(S(=O)(=O)Cl)cc(C(=O)OC2CCOCC2)c1C. The highest BCUT2D eigenvalue weighted by molar-refractivity contribution is 8.13. The maximum atomic E-state index is 12.3. The van der Waals surface area contributed by atoms with Crippen molar-refractivity contribution >= 4 is 25.7 Å². The summed E-state index contributed by atoms with van der Waals surface area (Å²) in [5, 5.41) is 0. The van der Waals surface area contributed by atoms with Crippen molar-refractivity contribution in [1.29, 1.82) is 0 Å². The topological polar surface area (TPSA) is 69.7 Å². The molecule has 1 aromatic rings. The Balaban J connectivity index is 2.29. The van der Waals surface area contributed by atoms with Crippen LogP contribution < -0.4 is 0 Å². The van der Waals surface area contributed by atoms with Gasteiger partial charge in [-0.15, -0.1) is 0 Å². The van der Waals surface area contributed by atoms with E-state index in [1.54, 1.807) is 13.8 Å². The molecule has 0 unspecified atom stereocenters. The summed E-state index contributed by atoms with van der Waals surface area (Å²) >= 11 is 0. The summed E-state index contributed by atoms with van der Waals surface area (Å²) < 4.78 is 33.5. The monoisotopic (exact) mass is 332 g/mol. The second kappa shape index (κ2) is 6.34. The van der Waals surface area contributed by atoms with Gasteiger partial charge in [0.2, 0.25) is 0 Å². The molecule has 0 N–H and O–H groups in total. The first-order valence-corrected chi connectivity index (χ1v) is 8.94. The standard InChI is InChI=1S/C14H17ClO5S/c1-9-7-12(21(15,17)18)8-13(10(9)2)14(16)20-11-3-5-19-6-4-11/h7-8,11H,3-6H2,1-2H3. The molecule has 1 aliphatic heterocycles. The number of halogens is 1. The zero-order valence-corrected chi connectivity index (χ0v) is 13.5. The number of aryl methyl sites for hydroxylation is 1. The lowest BCUT2D eigenvalue weighted by Crippen LogP contribution is -2.26. The van der Waals surface area contributed by atoms with Crippen LogP contribution in [-0.2, 0) is 18.5 Å². The smallest absolute Gasteiger partial charge is 0.338 e. The maximum Gasteiger partial charge on any atom is 0.338 e. The average Bonchev–Trinajstić information content (AvgIpc) is 2.41. The lowest BCUT2D eigenvalue weighted by Gasteiger charge is -2.22. The molecule has 1 heterocycles. The third kappa shape index (κ3) is 3.96. The number of carbonyl (C=O) groups excluding carboxylic acids is 1. The molecule has 0 aliphatic carbocycles. The fraction of sp³-hybridized carbons (Fsp3) is 0.500. The summed E-state index contributed by atoms with van der Waals surface area (Å²) in [6.45, 7) is 4.60. The Morgan fingerprint density at radius 3 is 2.48 bits per heavy atom. The van der Waals surface area contributed by atoms with Gasteiger partial charge in [0.15, 0.2) is 0 Å². The first kappa shape index (κ1) is 16.3.